The molecule has 1 aromatic heterocycles. The van der Waals surface area contributed by atoms with Crippen LogP contribution in [0.15, 0.2) is 48.5 Å². The van der Waals surface area contributed by atoms with Gasteiger partial charge in [-0.2, -0.15) is 13.2 Å². The molecule has 0 aliphatic heterocycles. The number of alkyl halides is 3. The van der Waals surface area contributed by atoms with E-state index in [4.69, 9.17) is 4.74 Å². The molecule has 0 aliphatic carbocycles. The second kappa shape index (κ2) is 7.36. The van der Waals surface area contributed by atoms with Crippen LogP contribution in [-0.4, -0.2) is 18.5 Å². The molecule has 0 aliphatic rings. The van der Waals surface area contributed by atoms with Gasteiger partial charge in [-0.3, -0.25) is 4.79 Å². The fourth-order valence-electron chi connectivity index (χ4n) is 2.35. The van der Waals surface area contributed by atoms with Crippen molar-refractivity contribution in [3.63, 3.8) is 0 Å². The molecule has 2 aromatic carbocycles. The number of para-hydroxylation sites is 1. The molecule has 0 saturated carbocycles. The van der Waals surface area contributed by atoms with Crippen molar-refractivity contribution in [3.05, 3.63) is 64.8 Å². The summed E-state index contributed by atoms with van der Waals surface area (Å²) in [6.45, 7) is -0.776. The number of carbonyl (C=O) groups is 2. The summed E-state index contributed by atoms with van der Waals surface area (Å²) < 4.78 is 57.7. The van der Waals surface area contributed by atoms with Crippen molar-refractivity contribution in [2.24, 2.45) is 0 Å². The third-order valence-corrected chi connectivity index (χ3v) is 4.63. The number of halogens is 4. The molecule has 1 amide bonds. The van der Waals surface area contributed by atoms with Crippen LogP contribution < -0.4 is 5.32 Å². The molecule has 3 aromatic rings. The Balaban J connectivity index is 1.65. The Morgan fingerprint density at radius 3 is 2.52 bits per heavy atom. The zero-order chi connectivity index (χ0) is 19.6. The highest BCUT2D eigenvalue weighted by Gasteiger charge is 2.33. The van der Waals surface area contributed by atoms with E-state index in [9.17, 15) is 27.2 Å². The molecule has 0 spiro atoms. The summed E-state index contributed by atoms with van der Waals surface area (Å²) in [5, 5.41) is 2.31. The summed E-state index contributed by atoms with van der Waals surface area (Å²) in [5.74, 6) is -2.29. The zero-order valence-electron chi connectivity index (χ0n) is 13.5. The summed E-state index contributed by atoms with van der Waals surface area (Å²) in [4.78, 5) is 23.9. The normalized spacial score (nSPS) is 11.4. The highest BCUT2D eigenvalue weighted by molar-refractivity contribution is 7.20. The number of nitrogens with one attached hydrogen (secondary N) is 1. The van der Waals surface area contributed by atoms with Gasteiger partial charge in [0.15, 0.2) is 6.61 Å². The Bertz CT molecular complexity index is 1010. The van der Waals surface area contributed by atoms with Gasteiger partial charge < -0.3 is 10.1 Å². The second-order valence-electron chi connectivity index (χ2n) is 5.43. The number of esters is 1. The molecule has 0 unspecified atom stereocenters. The van der Waals surface area contributed by atoms with Gasteiger partial charge in [0, 0.05) is 10.1 Å². The van der Waals surface area contributed by atoms with Crippen LogP contribution in [0.1, 0.15) is 15.2 Å². The lowest BCUT2D eigenvalue weighted by atomic mass is 10.1. The van der Waals surface area contributed by atoms with Gasteiger partial charge in [-0.1, -0.05) is 18.2 Å². The molecule has 1 N–H and O–H groups in total. The lowest BCUT2D eigenvalue weighted by molar-refractivity contribution is -0.137. The van der Waals surface area contributed by atoms with Crippen molar-refractivity contribution in [2.45, 2.75) is 6.18 Å². The molecular formula is C18H11F4NO3S. The van der Waals surface area contributed by atoms with Crippen molar-refractivity contribution in [2.75, 3.05) is 11.9 Å². The molecule has 0 saturated heterocycles. The van der Waals surface area contributed by atoms with E-state index in [1.54, 1.807) is 6.07 Å². The molecular weight excluding hydrogens is 386 g/mol. The highest BCUT2D eigenvalue weighted by atomic mass is 32.1. The number of hydrogen-bond donors (Lipinski definition) is 1. The number of ether oxygens (including phenoxy) is 1. The smallest absolute Gasteiger partial charge is 0.418 e. The minimum absolute atomic E-state index is 0.0820. The zero-order valence-corrected chi connectivity index (χ0v) is 14.3. The van der Waals surface area contributed by atoms with Crippen molar-refractivity contribution < 1.29 is 31.9 Å². The Labute approximate surface area is 154 Å². The predicted molar refractivity (Wildman–Crippen MR) is 92.1 cm³/mol. The van der Waals surface area contributed by atoms with Crippen LogP contribution in [0.3, 0.4) is 0 Å². The summed E-state index contributed by atoms with van der Waals surface area (Å²) in [6, 6.07) is 10.1. The fraction of sp³-hybridized carbons (Fsp3) is 0.111. The van der Waals surface area contributed by atoms with Crippen molar-refractivity contribution in [3.8, 4) is 0 Å². The summed E-state index contributed by atoms with van der Waals surface area (Å²) in [5.41, 5.74) is -1.44. The first-order valence-electron chi connectivity index (χ1n) is 7.57. The minimum Gasteiger partial charge on any atom is -0.451 e. The molecule has 140 valence electrons. The standard InChI is InChI=1S/C18H11F4NO3S/c19-12-5-3-7-14-10(12)8-15(27-14)17(25)26-9-16(24)23-13-6-2-1-4-11(13)18(20,21)22/h1-8H,9H2,(H,23,24). The van der Waals surface area contributed by atoms with Crippen molar-refractivity contribution >= 4 is 39.0 Å². The number of hydrogen-bond acceptors (Lipinski definition) is 4. The number of carbonyl (C=O) groups excluding carboxylic acids is 2. The number of fused-ring (bicyclic) bond motifs is 1. The van der Waals surface area contributed by atoms with Crippen LogP contribution in [0, 0.1) is 5.82 Å². The van der Waals surface area contributed by atoms with E-state index >= 15 is 0 Å². The third kappa shape index (κ3) is 4.25. The molecule has 9 heteroatoms. The van der Waals surface area contributed by atoms with Gasteiger partial charge in [0.1, 0.15) is 10.7 Å². The van der Waals surface area contributed by atoms with Gasteiger partial charge in [-0.15, -0.1) is 11.3 Å². The second-order valence-corrected chi connectivity index (χ2v) is 6.51. The van der Waals surface area contributed by atoms with Crippen LogP contribution in [0.5, 0.6) is 0 Å². The maximum absolute atomic E-state index is 13.7. The van der Waals surface area contributed by atoms with E-state index in [0.717, 1.165) is 23.5 Å². The van der Waals surface area contributed by atoms with E-state index < -0.39 is 41.7 Å². The summed E-state index contributed by atoms with van der Waals surface area (Å²) in [6.07, 6.45) is -4.64. The van der Waals surface area contributed by atoms with Crippen molar-refractivity contribution in [1.82, 2.24) is 0 Å². The molecule has 0 fully saturated rings. The average Bonchev–Trinajstić information content (AvgIpc) is 3.05. The lowest BCUT2D eigenvalue weighted by Crippen LogP contribution is -2.22. The van der Waals surface area contributed by atoms with Gasteiger partial charge in [0.05, 0.1) is 11.3 Å². The lowest BCUT2D eigenvalue weighted by Gasteiger charge is -2.13. The van der Waals surface area contributed by atoms with E-state index in [0.29, 0.717) is 4.70 Å². The Morgan fingerprint density at radius 2 is 1.81 bits per heavy atom. The first-order chi connectivity index (χ1) is 12.8. The number of benzene rings is 2. The fourth-order valence-corrected chi connectivity index (χ4v) is 3.32. The largest absolute Gasteiger partial charge is 0.451 e. The molecule has 3 rings (SSSR count). The minimum atomic E-state index is -4.64. The Morgan fingerprint density at radius 1 is 1.07 bits per heavy atom. The topological polar surface area (TPSA) is 55.4 Å². The number of anilines is 1. The molecule has 1 heterocycles. The third-order valence-electron chi connectivity index (χ3n) is 3.55. The average molecular weight is 397 g/mol. The molecule has 0 bridgehead atoms. The summed E-state index contributed by atoms with van der Waals surface area (Å²) >= 11 is 0.986. The Hall–Kier alpha value is -2.94. The molecule has 4 nitrogen and oxygen atoms in total. The predicted octanol–water partition coefficient (Wildman–Crippen LogP) is 4.85. The van der Waals surface area contributed by atoms with Crippen LogP contribution >= 0.6 is 11.3 Å². The van der Waals surface area contributed by atoms with Crippen LogP contribution in [0.25, 0.3) is 10.1 Å². The van der Waals surface area contributed by atoms with E-state index in [2.05, 4.69) is 5.32 Å². The molecule has 27 heavy (non-hydrogen) atoms. The number of rotatable bonds is 4. The summed E-state index contributed by atoms with van der Waals surface area (Å²) in [7, 11) is 0. The van der Waals surface area contributed by atoms with Gasteiger partial charge in [0.25, 0.3) is 5.91 Å². The molecule has 0 radical (unpaired) electrons. The van der Waals surface area contributed by atoms with Gasteiger partial charge in [-0.05, 0) is 30.3 Å². The van der Waals surface area contributed by atoms with Crippen LogP contribution in [0.4, 0.5) is 23.2 Å². The number of amides is 1. The highest BCUT2D eigenvalue weighted by Crippen LogP contribution is 2.34. The quantitative estimate of drug-likeness (QED) is 0.506. The SMILES string of the molecule is O=C(COC(=O)c1cc2c(F)cccc2s1)Nc1ccccc1C(F)(F)F. The van der Waals surface area contributed by atoms with E-state index in [-0.39, 0.29) is 10.3 Å². The maximum atomic E-state index is 13.7. The monoisotopic (exact) mass is 397 g/mol. The van der Waals surface area contributed by atoms with Crippen LogP contribution in [0.2, 0.25) is 0 Å². The van der Waals surface area contributed by atoms with Crippen LogP contribution in [-0.2, 0) is 15.7 Å². The first-order valence-corrected chi connectivity index (χ1v) is 8.38. The number of thiophene rings is 1. The molecule has 0 atom stereocenters. The van der Waals surface area contributed by atoms with Crippen molar-refractivity contribution in [1.29, 1.82) is 0 Å². The van der Waals surface area contributed by atoms with E-state index in [1.807, 2.05) is 0 Å². The van der Waals surface area contributed by atoms with Gasteiger partial charge in [0.2, 0.25) is 0 Å². The first kappa shape index (κ1) is 18.8. The van der Waals surface area contributed by atoms with E-state index in [1.165, 1.54) is 30.3 Å². The maximum Gasteiger partial charge on any atom is 0.418 e. The van der Waals surface area contributed by atoms with Gasteiger partial charge >= 0.3 is 12.1 Å². The Kier molecular flexibility index (Phi) is 5.13. The van der Waals surface area contributed by atoms with Gasteiger partial charge in [-0.25, -0.2) is 9.18 Å².